The zero-order valence-electron chi connectivity index (χ0n) is 10.7. The van der Waals surface area contributed by atoms with Crippen LogP contribution in [-0.4, -0.2) is 37.6 Å². The molecule has 1 aromatic carbocycles. The van der Waals surface area contributed by atoms with Crippen molar-refractivity contribution in [2.24, 2.45) is 5.73 Å². The summed E-state index contributed by atoms with van der Waals surface area (Å²) in [7, 11) is 2.61. The molecule has 20 heavy (non-hydrogen) atoms. The Kier molecular flexibility index (Phi) is 4.84. The highest BCUT2D eigenvalue weighted by Crippen LogP contribution is 2.34. The number of methoxy groups -OCH3 is 2. The number of primary amides is 1. The summed E-state index contributed by atoms with van der Waals surface area (Å²) in [6.45, 7) is -0.676. The largest absolute Gasteiger partial charge is 0.493 e. The average Bonchev–Trinajstić information content (AvgIpc) is 2.42. The Morgan fingerprint density at radius 1 is 1.25 bits per heavy atom. The molecular weight excluding hydrogens is 272 g/mol. The summed E-state index contributed by atoms with van der Waals surface area (Å²) in [6, 6.07) is 2.12. The van der Waals surface area contributed by atoms with Gasteiger partial charge in [-0.2, -0.15) is 0 Å². The second-order valence-electron chi connectivity index (χ2n) is 3.52. The summed E-state index contributed by atoms with van der Waals surface area (Å²) in [5, 5.41) is 10.9. The number of esters is 1. The van der Waals surface area contributed by atoms with Gasteiger partial charge in [0.1, 0.15) is 5.56 Å². The van der Waals surface area contributed by atoms with Crippen molar-refractivity contribution in [2.45, 2.75) is 0 Å². The van der Waals surface area contributed by atoms with Gasteiger partial charge >= 0.3 is 5.97 Å². The summed E-state index contributed by atoms with van der Waals surface area (Å²) in [4.78, 5) is 32.4. The third-order valence-electron chi connectivity index (χ3n) is 2.26. The molecule has 0 unspecified atom stereocenters. The predicted molar refractivity (Wildman–Crippen MR) is 65.7 cm³/mol. The van der Waals surface area contributed by atoms with Crippen molar-refractivity contribution >= 4 is 17.6 Å². The fraction of sp³-hybridized carbons (Fsp3) is 0.273. The number of amides is 1. The lowest BCUT2D eigenvalue weighted by atomic mass is 10.1. The monoisotopic (exact) mass is 284 g/mol. The predicted octanol–water partition coefficient (Wildman–Crippen LogP) is 0.254. The zero-order valence-corrected chi connectivity index (χ0v) is 10.7. The molecule has 9 heteroatoms. The highest BCUT2D eigenvalue weighted by molar-refractivity contribution is 5.96. The van der Waals surface area contributed by atoms with E-state index in [0.29, 0.717) is 0 Å². The molecule has 0 heterocycles. The van der Waals surface area contributed by atoms with Crippen molar-refractivity contribution < 1.29 is 28.7 Å². The van der Waals surface area contributed by atoms with Gasteiger partial charge in [0.2, 0.25) is 0 Å². The molecule has 1 amide bonds. The van der Waals surface area contributed by atoms with Gasteiger partial charge in [0, 0.05) is 6.07 Å². The Morgan fingerprint density at radius 2 is 1.80 bits per heavy atom. The lowest BCUT2D eigenvalue weighted by Gasteiger charge is -2.10. The Labute approximate surface area is 113 Å². The summed E-state index contributed by atoms with van der Waals surface area (Å²) in [6.07, 6.45) is 0. The molecule has 1 aromatic rings. The number of carbonyl (C=O) groups is 2. The van der Waals surface area contributed by atoms with Crippen LogP contribution < -0.4 is 15.2 Å². The van der Waals surface area contributed by atoms with Crippen LogP contribution in [0.3, 0.4) is 0 Å². The SMILES string of the molecule is COc1cc(C(=O)OCC(N)=O)c([N+](=O)[O-])cc1OC. The molecular formula is C11H12N2O7. The molecule has 0 radical (unpaired) electrons. The van der Waals surface area contributed by atoms with Gasteiger partial charge in [0.25, 0.3) is 11.6 Å². The first-order chi connectivity index (χ1) is 9.40. The standard InChI is InChI=1S/C11H12N2O7/c1-18-8-3-6(11(15)20-5-10(12)14)7(13(16)17)4-9(8)19-2/h3-4H,5H2,1-2H3,(H2,12,14). The van der Waals surface area contributed by atoms with Crippen LogP contribution in [0.1, 0.15) is 10.4 Å². The third kappa shape index (κ3) is 3.34. The van der Waals surface area contributed by atoms with Gasteiger partial charge < -0.3 is 19.9 Å². The third-order valence-corrected chi connectivity index (χ3v) is 2.26. The molecule has 0 atom stereocenters. The van der Waals surface area contributed by atoms with Crippen molar-refractivity contribution in [1.29, 1.82) is 0 Å². The first-order valence-electron chi connectivity index (χ1n) is 5.26. The van der Waals surface area contributed by atoms with Crippen LogP contribution in [0.2, 0.25) is 0 Å². The molecule has 0 saturated heterocycles. The van der Waals surface area contributed by atoms with Gasteiger partial charge in [-0.3, -0.25) is 14.9 Å². The summed E-state index contributed by atoms with van der Waals surface area (Å²) in [5.41, 5.74) is 3.93. The lowest BCUT2D eigenvalue weighted by Crippen LogP contribution is -2.21. The van der Waals surface area contributed by atoms with Crippen LogP contribution in [-0.2, 0) is 9.53 Å². The minimum atomic E-state index is -1.06. The maximum absolute atomic E-state index is 11.7. The van der Waals surface area contributed by atoms with Crippen LogP contribution in [0, 0.1) is 10.1 Å². The van der Waals surface area contributed by atoms with Crippen LogP contribution in [0.15, 0.2) is 12.1 Å². The molecule has 108 valence electrons. The van der Waals surface area contributed by atoms with Crippen molar-refractivity contribution in [3.8, 4) is 11.5 Å². The van der Waals surface area contributed by atoms with Gasteiger partial charge in [-0.05, 0) is 0 Å². The van der Waals surface area contributed by atoms with E-state index in [-0.39, 0.29) is 17.1 Å². The number of nitro groups is 1. The highest BCUT2D eigenvalue weighted by atomic mass is 16.6. The van der Waals surface area contributed by atoms with Gasteiger partial charge in [-0.25, -0.2) is 4.79 Å². The van der Waals surface area contributed by atoms with E-state index in [2.05, 4.69) is 4.74 Å². The summed E-state index contributed by atoms with van der Waals surface area (Å²) >= 11 is 0. The molecule has 9 nitrogen and oxygen atoms in total. The number of rotatable bonds is 6. The van der Waals surface area contributed by atoms with Crippen molar-refractivity contribution in [3.63, 3.8) is 0 Å². The van der Waals surface area contributed by atoms with Gasteiger partial charge in [-0.1, -0.05) is 0 Å². The molecule has 0 aliphatic heterocycles. The van der Waals surface area contributed by atoms with Crippen LogP contribution >= 0.6 is 0 Å². The second-order valence-corrected chi connectivity index (χ2v) is 3.52. The van der Waals surface area contributed by atoms with Gasteiger partial charge in [0.05, 0.1) is 25.2 Å². The maximum atomic E-state index is 11.7. The molecule has 0 aliphatic carbocycles. The van der Waals surface area contributed by atoms with E-state index in [9.17, 15) is 19.7 Å². The molecule has 0 aliphatic rings. The normalized spacial score (nSPS) is 9.70. The smallest absolute Gasteiger partial charge is 0.345 e. The number of nitrogens with zero attached hydrogens (tertiary/aromatic N) is 1. The summed E-state index contributed by atoms with van der Waals surface area (Å²) < 4.78 is 14.4. The Balaban J connectivity index is 3.25. The minimum Gasteiger partial charge on any atom is -0.493 e. The van der Waals surface area contributed by atoms with Crippen molar-refractivity contribution in [3.05, 3.63) is 27.8 Å². The molecule has 0 saturated carbocycles. The van der Waals surface area contributed by atoms with Crippen molar-refractivity contribution in [1.82, 2.24) is 0 Å². The van der Waals surface area contributed by atoms with Gasteiger partial charge in [0.15, 0.2) is 18.1 Å². The number of carbonyl (C=O) groups excluding carboxylic acids is 2. The van der Waals surface area contributed by atoms with E-state index < -0.39 is 29.1 Å². The molecule has 0 bridgehead atoms. The average molecular weight is 284 g/mol. The number of nitrogens with two attached hydrogens (primary N) is 1. The van der Waals surface area contributed by atoms with E-state index in [4.69, 9.17) is 15.2 Å². The van der Waals surface area contributed by atoms with Crippen LogP contribution in [0.4, 0.5) is 5.69 Å². The second kappa shape index (κ2) is 6.36. The van der Waals surface area contributed by atoms with Crippen LogP contribution in [0.5, 0.6) is 11.5 Å². The fourth-order valence-corrected chi connectivity index (χ4v) is 1.40. The van der Waals surface area contributed by atoms with E-state index in [0.717, 1.165) is 12.1 Å². The Morgan fingerprint density at radius 3 is 2.25 bits per heavy atom. The molecule has 0 spiro atoms. The quantitative estimate of drug-likeness (QED) is 0.450. The van der Waals surface area contributed by atoms with Crippen LogP contribution in [0.25, 0.3) is 0 Å². The lowest BCUT2D eigenvalue weighted by molar-refractivity contribution is -0.385. The Bertz CT molecular complexity index is 556. The number of ether oxygens (including phenoxy) is 3. The highest BCUT2D eigenvalue weighted by Gasteiger charge is 2.25. The first kappa shape index (κ1) is 15.2. The van der Waals surface area contributed by atoms with E-state index >= 15 is 0 Å². The molecule has 2 N–H and O–H groups in total. The maximum Gasteiger partial charge on any atom is 0.345 e. The number of hydrogen-bond acceptors (Lipinski definition) is 7. The molecule has 1 rings (SSSR count). The topological polar surface area (TPSA) is 131 Å². The summed E-state index contributed by atoms with van der Waals surface area (Å²) in [5.74, 6) is -1.73. The number of benzene rings is 1. The molecule has 0 fully saturated rings. The number of hydrogen-bond donors (Lipinski definition) is 1. The van der Waals surface area contributed by atoms with E-state index in [1.165, 1.54) is 14.2 Å². The number of nitro benzene ring substituents is 1. The first-order valence-corrected chi connectivity index (χ1v) is 5.26. The molecule has 0 aromatic heterocycles. The zero-order chi connectivity index (χ0) is 15.3. The van der Waals surface area contributed by atoms with Crippen molar-refractivity contribution in [2.75, 3.05) is 20.8 Å². The van der Waals surface area contributed by atoms with E-state index in [1.807, 2.05) is 0 Å². The minimum absolute atomic E-state index is 0.0886. The Hall–Kier alpha value is -2.84. The fourth-order valence-electron chi connectivity index (χ4n) is 1.40. The van der Waals surface area contributed by atoms with E-state index in [1.54, 1.807) is 0 Å². The van der Waals surface area contributed by atoms with Gasteiger partial charge in [-0.15, -0.1) is 0 Å².